The van der Waals surface area contributed by atoms with Gasteiger partial charge in [0.2, 0.25) is 0 Å². The zero-order valence-electron chi connectivity index (χ0n) is 12.0. The van der Waals surface area contributed by atoms with Crippen molar-refractivity contribution >= 4 is 22.9 Å². The van der Waals surface area contributed by atoms with E-state index in [1.54, 1.807) is 16.2 Å². The number of ether oxygens (including phenoxy) is 1. The van der Waals surface area contributed by atoms with Crippen molar-refractivity contribution in [2.24, 2.45) is 0 Å². The third-order valence-electron chi connectivity index (χ3n) is 3.24. The number of carbonyl (C=O) groups excluding carboxylic acids is 1. The van der Waals surface area contributed by atoms with Gasteiger partial charge in [0.05, 0.1) is 16.4 Å². The van der Waals surface area contributed by atoms with Crippen molar-refractivity contribution in [1.29, 1.82) is 0 Å². The van der Waals surface area contributed by atoms with Gasteiger partial charge < -0.3 is 9.64 Å². The number of carbonyl (C=O) groups is 1. The normalized spacial score (nSPS) is 13.8. The number of aryl methyl sites for hydroxylation is 1. The number of benzene rings is 1. The minimum absolute atomic E-state index is 0.0443. The lowest BCUT2D eigenvalue weighted by atomic mass is 10.1. The molecule has 2 heterocycles. The maximum Gasteiger partial charge on any atom is 0.265 e. The Bertz CT molecular complexity index is 721. The van der Waals surface area contributed by atoms with Crippen LogP contribution >= 0.6 is 11.3 Å². The average molecular weight is 300 g/mol. The fourth-order valence-electron chi connectivity index (χ4n) is 2.30. The summed E-state index contributed by atoms with van der Waals surface area (Å²) in [5, 5.41) is 3.04. The molecule has 0 N–H and O–H groups in total. The first-order valence-electron chi connectivity index (χ1n) is 6.68. The Balaban J connectivity index is 2.04. The molecule has 0 radical (unpaired) electrons. The zero-order valence-corrected chi connectivity index (χ0v) is 12.9. The van der Waals surface area contributed by atoms with Crippen molar-refractivity contribution < 1.29 is 9.53 Å². The Hall–Kier alpha value is -2.14. The quantitative estimate of drug-likeness (QED) is 0.816. The summed E-state index contributed by atoms with van der Waals surface area (Å²) in [6.45, 7) is 8.37. The molecule has 0 saturated carbocycles. The Morgan fingerprint density at radius 1 is 1.52 bits per heavy atom. The van der Waals surface area contributed by atoms with Crippen LogP contribution in [-0.4, -0.2) is 24.0 Å². The molecular formula is C16H16N2O2S. The van der Waals surface area contributed by atoms with E-state index in [2.05, 4.69) is 11.6 Å². The van der Waals surface area contributed by atoms with Crippen LogP contribution in [0.1, 0.15) is 11.9 Å². The van der Waals surface area contributed by atoms with E-state index in [1.165, 1.54) is 0 Å². The number of aromatic nitrogens is 1. The lowest BCUT2D eigenvalue weighted by molar-refractivity contribution is -0.121. The highest BCUT2D eigenvalue weighted by molar-refractivity contribution is 7.09. The van der Waals surface area contributed by atoms with E-state index < -0.39 is 0 Å². The minimum Gasteiger partial charge on any atom is -0.482 e. The highest BCUT2D eigenvalue weighted by Crippen LogP contribution is 2.36. The summed E-state index contributed by atoms with van der Waals surface area (Å²) >= 11 is 1.61. The summed E-state index contributed by atoms with van der Waals surface area (Å²) in [5.41, 5.74) is 3.64. The van der Waals surface area contributed by atoms with Gasteiger partial charge >= 0.3 is 0 Å². The Kier molecular flexibility index (Phi) is 3.51. The molecule has 0 unspecified atom stereocenters. The Morgan fingerprint density at radius 3 is 3.00 bits per heavy atom. The van der Waals surface area contributed by atoms with Crippen LogP contribution in [0.15, 0.2) is 35.7 Å². The Morgan fingerprint density at radius 2 is 2.33 bits per heavy atom. The second kappa shape index (κ2) is 5.33. The number of nitrogens with zero attached hydrogens (tertiary/aromatic N) is 2. The van der Waals surface area contributed by atoms with Gasteiger partial charge in [-0.1, -0.05) is 12.2 Å². The van der Waals surface area contributed by atoms with Gasteiger partial charge in [-0.15, -0.1) is 11.3 Å². The summed E-state index contributed by atoms with van der Waals surface area (Å²) in [6, 6.07) is 5.84. The molecule has 1 aromatic heterocycles. The summed E-state index contributed by atoms with van der Waals surface area (Å²) < 4.78 is 5.50. The van der Waals surface area contributed by atoms with E-state index in [9.17, 15) is 4.79 Å². The average Bonchev–Trinajstić information content (AvgIpc) is 2.88. The SMILES string of the molecule is C=C(C)CN1C(=O)COc2ccc(-c3csc(C)n3)cc21. The molecule has 1 aliphatic rings. The molecule has 1 aliphatic heterocycles. The molecule has 1 amide bonds. The second-order valence-electron chi connectivity index (χ2n) is 5.16. The Labute approximate surface area is 127 Å². The van der Waals surface area contributed by atoms with Crippen molar-refractivity contribution in [3.63, 3.8) is 0 Å². The van der Waals surface area contributed by atoms with Crippen molar-refractivity contribution in [1.82, 2.24) is 4.98 Å². The van der Waals surface area contributed by atoms with E-state index in [0.29, 0.717) is 6.54 Å². The highest BCUT2D eigenvalue weighted by atomic mass is 32.1. The predicted octanol–water partition coefficient (Wildman–Crippen LogP) is 3.42. The first-order chi connectivity index (χ1) is 10.0. The van der Waals surface area contributed by atoms with E-state index in [0.717, 1.165) is 33.3 Å². The molecule has 0 saturated heterocycles. The highest BCUT2D eigenvalue weighted by Gasteiger charge is 2.26. The zero-order chi connectivity index (χ0) is 15.0. The maximum absolute atomic E-state index is 12.1. The van der Waals surface area contributed by atoms with Crippen LogP contribution in [-0.2, 0) is 4.79 Å². The molecule has 108 valence electrons. The lowest BCUT2D eigenvalue weighted by Crippen LogP contribution is -2.39. The van der Waals surface area contributed by atoms with E-state index in [4.69, 9.17) is 4.74 Å². The standard InChI is InChI=1S/C16H16N2O2S/c1-10(2)7-18-14-6-12(13-9-21-11(3)17-13)4-5-15(14)20-8-16(18)19/h4-6,9H,1,7-8H2,2-3H3. The van der Waals surface area contributed by atoms with Gasteiger partial charge in [-0.2, -0.15) is 0 Å². The fraction of sp³-hybridized carbons (Fsp3) is 0.250. The number of fused-ring (bicyclic) bond motifs is 1. The smallest absolute Gasteiger partial charge is 0.265 e. The van der Waals surface area contributed by atoms with Crippen LogP contribution in [0.25, 0.3) is 11.3 Å². The number of thiazole rings is 1. The van der Waals surface area contributed by atoms with E-state index in [1.807, 2.05) is 37.4 Å². The molecule has 0 atom stereocenters. The first kappa shape index (κ1) is 13.8. The van der Waals surface area contributed by atoms with Crippen LogP contribution in [0.4, 0.5) is 5.69 Å². The number of amides is 1. The van der Waals surface area contributed by atoms with Crippen LogP contribution in [0.5, 0.6) is 5.75 Å². The molecule has 1 aromatic carbocycles. The maximum atomic E-state index is 12.1. The van der Waals surface area contributed by atoms with Crippen LogP contribution in [0.3, 0.4) is 0 Å². The van der Waals surface area contributed by atoms with Crippen molar-refractivity contribution in [3.8, 4) is 17.0 Å². The molecule has 3 rings (SSSR count). The molecule has 0 spiro atoms. The summed E-state index contributed by atoms with van der Waals surface area (Å²) in [7, 11) is 0. The molecule has 4 nitrogen and oxygen atoms in total. The summed E-state index contributed by atoms with van der Waals surface area (Å²) in [4.78, 5) is 18.3. The fourth-order valence-corrected chi connectivity index (χ4v) is 2.92. The van der Waals surface area contributed by atoms with Crippen LogP contribution < -0.4 is 9.64 Å². The van der Waals surface area contributed by atoms with Gasteiger partial charge in [0.25, 0.3) is 5.91 Å². The van der Waals surface area contributed by atoms with Gasteiger partial charge in [-0.3, -0.25) is 4.79 Å². The van der Waals surface area contributed by atoms with E-state index >= 15 is 0 Å². The van der Waals surface area contributed by atoms with Crippen molar-refractivity contribution in [3.05, 3.63) is 40.7 Å². The minimum atomic E-state index is -0.0443. The van der Waals surface area contributed by atoms with Crippen LogP contribution in [0.2, 0.25) is 0 Å². The largest absolute Gasteiger partial charge is 0.482 e. The molecule has 0 bridgehead atoms. The van der Waals surface area contributed by atoms with Gasteiger partial charge in [0.15, 0.2) is 6.61 Å². The van der Waals surface area contributed by atoms with Crippen LogP contribution in [0, 0.1) is 6.92 Å². The predicted molar refractivity (Wildman–Crippen MR) is 84.9 cm³/mol. The third kappa shape index (κ3) is 2.69. The monoisotopic (exact) mass is 300 g/mol. The number of hydrogen-bond acceptors (Lipinski definition) is 4. The topological polar surface area (TPSA) is 42.4 Å². The molecule has 0 aliphatic carbocycles. The van der Waals surface area contributed by atoms with Gasteiger partial charge in [-0.05, 0) is 32.0 Å². The summed E-state index contributed by atoms with van der Waals surface area (Å²) in [6.07, 6.45) is 0. The summed E-state index contributed by atoms with van der Waals surface area (Å²) in [5.74, 6) is 0.684. The van der Waals surface area contributed by atoms with E-state index in [-0.39, 0.29) is 12.5 Å². The molecule has 5 heteroatoms. The van der Waals surface area contributed by atoms with Crippen molar-refractivity contribution in [2.75, 3.05) is 18.1 Å². The van der Waals surface area contributed by atoms with Gasteiger partial charge in [-0.25, -0.2) is 4.98 Å². The second-order valence-corrected chi connectivity index (χ2v) is 6.22. The number of hydrogen-bond donors (Lipinski definition) is 0. The van der Waals surface area contributed by atoms with Gasteiger partial charge in [0, 0.05) is 17.5 Å². The third-order valence-corrected chi connectivity index (χ3v) is 4.02. The number of rotatable bonds is 3. The molecule has 2 aromatic rings. The molecule has 0 fully saturated rings. The molecular weight excluding hydrogens is 284 g/mol. The van der Waals surface area contributed by atoms with Gasteiger partial charge in [0.1, 0.15) is 5.75 Å². The lowest BCUT2D eigenvalue weighted by Gasteiger charge is -2.29. The molecule has 21 heavy (non-hydrogen) atoms. The van der Waals surface area contributed by atoms with Crippen molar-refractivity contribution in [2.45, 2.75) is 13.8 Å². The first-order valence-corrected chi connectivity index (χ1v) is 7.56. The number of anilines is 1.